The highest BCUT2D eigenvalue weighted by Crippen LogP contribution is 2.14. The van der Waals surface area contributed by atoms with Gasteiger partial charge in [-0.2, -0.15) is 0 Å². The summed E-state index contributed by atoms with van der Waals surface area (Å²) in [5.41, 5.74) is -1.70. The van der Waals surface area contributed by atoms with Gasteiger partial charge in [0.15, 0.2) is 11.6 Å². The summed E-state index contributed by atoms with van der Waals surface area (Å²) in [6.45, 7) is 0.653. The monoisotopic (exact) mass is 259 g/mol. The summed E-state index contributed by atoms with van der Waals surface area (Å²) in [6.07, 6.45) is 0.253. The number of aliphatic hydroxyl groups excluding tert-OH is 2. The average Bonchev–Trinajstić information content (AvgIpc) is 2.39. The number of nitrogens with one attached hydrogen (secondary N) is 1. The van der Waals surface area contributed by atoms with Crippen LogP contribution in [-0.2, 0) is 0 Å². The van der Waals surface area contributed by atoms with Gasteiger partial charge in [0, 0.05) is 0 Å². The van der Waals surface area contributed by atoms with Crippen molar-refractivity contribution >= 4 is 5.91 Å². The van der Waals surface area contributed by atoms with Crippen LogP contribution in [0.15, 0.2) is 18.2 Å². The molecule has 1 rings (SSSR count). The lowest BCUT2D eigenvalue weighted by atomic mass is 9.97. The van der Waals surface area contributed by atoms with Crippen molar-refractivity contribution in [2.24, 2.45) is 0 Å². The zero-order valence-corrected chi connectivity index (χ0v) is 9.91. The number of carbonyl (C=O) groups is 1. The normalized spacial score (nSPS) is 11.4. The molecule has 0 radical (unpaired) electrons. The van der Waals surface area contributed by atoms with Gasteiger partial charge in [0.1, 0.15) is 0 Å². The fourth-order valence-corrected chi connectivity index (χ4v) is 1.43. The maximum absolute atomic E-state index is 13.4. The molecule has 0 spiro atoms. The van der Waals surface area contributed by atoms with E-state index in [0.29, 0.717) is 0 Å². The van der Waals surface area contributed by atoms with E-state index in [4.69, 9.17) is 10.2 Å². The van der Waals surface area contributed by atoms with Crippen LogP contribution < -0.4 is 5.32 Å². The number of halogens is 2. The van der Waals surface area contributed by atoms with Crippen molar-refractivity contribution in [3.05, 3.63) is 35.4 Å². The molecule has 0 heterocycles. The van der Waals surface area contributed by atoms with Crippen molar-refractivity contribution in [2.45, 2.75) is 18.9 Å². The minimum atomic E-state index is -1.25. The van der Waals surface area contributed by atoms with Gasteiger partial charge >= 0.3 is 0 Å². The molecule has 3 N–H and O–H groups in total. The average molecular weight is 259 g/mol. The first-order chi connectivity index (χ1) is 8.49. The molecule has 0 aliphatic heterocycles. The quantitative estimate of drug-likeness (QED) is 0.733. The lowest BCUT2D eigenvalue weighted by Gasteiger charge is -2.29. The molecule has 0 bridgehead atoms. The van der Waals surface area contributed by atoms with Crippen LogP contribution in [-0.4, -0.2) is 34.9 Å². The first-order valence-corrected chi connectivity index (χ1v) is 5.48. The third-order valence-electron chi connectivity index (χ3n) is 2.86. The second kappa shape index (κ2) is 5.88. The largest absolute Gasteiger partial charge is 0.394 e. The molecule has 4 nitrogen and oxygen atoms in total. The Kier molecular flexibility index (Phi) is 4.75. The van der Waals surface area contributed by atoms with Crippen LogP contribution in [0, 0.1) is 11.6 Å². The summed E-state index contributed by atoms with van der Waals surface area (Å²) in [5.74, 6) is -3.26. The molecule has 0 atom stereocenters. The SMILES string of the molecule is CCC(CO)(CO)NC(=O)c1cccc(F)c1F. The Hall–Kier alpha value is -1.53. The Bertz CT molecular complexity index is 425. The summed E-state index contributed by atoms with van der Waals surface area (Å²) in [6, 6.07) is 3.24. The smallest absolute Gasteiger partial charge is 0.254 e. The van der Waals surface area contributed by atoms with Gasteiger partial charge < -0.3 is 15.5 Å². The molecule has 0 aromatic heterocycles. The molecule has 1 aromatic carbocycles. The Balaban J connectivity index is 2.98. The summed E-state index contributed by atoms with van der Waals surface area (Å²) < 4.78 is 26.3. The Morgan fingerprint density at radius 3 is 2.44 bits per heavy atom. The Labute approximate surface area is 103 Å². The number of hydrogen-bond acceptors (Lipinski definition) is 3. The molecule has 1 amide bonds. The molecule has 0 fully saturated rings. The number of carbonyl (C=O) groups excluding carboxylic acids is 1. The summed E-state index contributed by atoms with van der Waals surface area (Å²) in [5, 5.41) is 20.6. The second-order valence-corrected chi connectivity index (χ2v) is 4.01. The minimum absolute atomic E-state index is 0.253. The number of hydrogen-bond donors (Lipinski definition) is 3. The predicted octanol–water partition coefficient (Wildman–Crippen LogP) is 0.828. The van der Waals surface area contributed by atoms with Crippen molar-refractivity contribution < 1.29 is 23.8 Å². The molecular formula is C12H15F2NO3. The van der Waals surface area contributed by atoms with Crippen molar-refractivity contribution in [1.82, 2.24) is 5.32 Å². The molecular weight excluding hydrogens is 244 g/mol. The zero-order valence-electron chi connectivity index (χ0n) is 9.91. The van der Waals surface area contributed by atoms with Gasteiger partial charge in [0.2, 0.25) is 0 Å². The van der Waals surface area contributed by atoms with Crippen molar-refractivity contribution in [3.8, 4) is 0 Å². The molecule has 18 heavy (non-hydrogen) atoms. The molecule has 100 valence electrons. The number of amides is 1. The van der Waals surface area contributed by atoms with Crippen LogP contribution >= 0.6 is 0 Å². The summed E-state index contributed by atoms with van der Waals surface area (Å²) in [4.78, 5) is 11.8. The van der Waals surface area contributed by atoms with Gasteiger partial charge in [-0.05, 0) is 18.6 Å². The van der Waals surface area contributed by atoms with Gasteiger partial charge in [-0.1, -0.05) is 13.0 Å². The molecule has 0 aliphatic rings. The van der Waals surface area contributed by atoms with Gasteiger partial charge in [0.25, 0.3) is 5.91 Å². The topological polar surface area (TPSA) is 69.6 Å². The first-order valence-electron chi connectivity index (χ1n) is 5.48. The standard InChI is InChI=1S/C12H15F2NO3/c1-2-12(6-16,7-17)15-11(18)8-4-3-5-9(13)10(8)14/h3-5,16-17H,2,6-7H2,1H3,(H,15,18). The van der Waals surface area contributed by atoms with Crippen LogP contribution in [0.4, 0.5) is 8.78 Å². The van der Waals surface area contributed by atoms with E-state index >= 15 is 0 Å². The van der Waals surface area contributed by atoms with Gasteiger partial charge in [-0.25, -0.2) is 8.78 Å². The number of benzene rings is 1. The van der Waals surface area contributed by atoms with E-state index < -0.39 is 41.9 Å². The predicted molar refractivity (Wildman–Crippen MR) is 61.0 cm³/mol. The van der Waals surface area contributed by atoms with Crippen LogP contribution in [0.1, 0.15) is 23.7 Å². The first kappa shape index (κ1) is 14.5. The van der Waals surface area contributed by atoms with Crippen LogP contribution in [0.25, 0.3) is 0 Å². The highest BCUT2D eigenvalue weighted by Gasteiger charge is 2.30. The lowest BCUT2D eigenvalue weighted by Crippen LogP contribution is -2.54. The third-order valence-corrected chi connectivity index (χ3v) is 2.86. The molecule has 0 saturated heterocycles. The van der Waals surface area contributed by atoms with E-state index in [2.05, 4.69) is 5.32 Å². The Morgan fingerprint density at radius 2 is 1.94 bits per heavy atom. The maximum Gasteiger partial charge on any atom is 0.254 e. The lowest BCUT2D eigenvalue weighted by molar-refractivity contribution is 0.0649. The molecule has 0 unspecified atom stereocenters. The highest BCUT2D eigenvalue weighted by atomic mass is 19.2. The van der Waals surface area contributed by atoms with E-state index in [9.17, 15) is 13.6 Å². The summed E-state index contributed by atoms with van der Waals surface area (Å²) in [7, 11) is 0. The second-order valence-electron chi connectivity index (χ2n) is 4.01. The van der Waals surface area contributed by atoms with Crippen LogP contribution in [0.3, 0.4) is 0 Å². The molecule has 6 heteroatoms. The molecule has 0 aliphatic carbocycles. The van der Waals surface area contributed by atoms with Crippen LogP contribution in [0.2, 0.25) is 0 Å². The summed E-state index contributed by atoms with van der Waals surface area (Å²) >= 11 is 0. The molecule has 1 aromatic rings. The van der Waals surface area contributed by atoms with E-state index in [1.165, 1.54) is 6.07 Å². The Morgan fingerprint density at radius 1 is 1.33 bits per heavy atom. The van der Waals surface area contributed by atoms with E-state index in [-0.39, 0.29) is 6.42 Å². The third kappa shape index (κ3) is 2.83. The van der Waals surface area contributed by atoms with E-state index in [1.54, 1.807) is 6.92 Å². The maximum atomic E-state index is 13.4. The van der Waals surface area contributed by atoms with Crippen LogP contribution in [0.5, 0.6) is 0 Å². The van der Waals surface area contributed by atoms with Crippen molar-refractivity contribution in [3.63, 3.8) is 0 Å². The van der Waals surface area contributed by atoms with E-state index in [1.807, 2.05) is 0 Å². The van der Waals surface area contributed by atoms with E-state index in [0.717, 1.165) is 12.1 Å². The fourth-order valence-electron chi connectivity index (χ4n) is 1.43. The van der Waals surface area contributed by atoms with Gasteiger partial charge in [-0.3, -0.25) is 4.79 Å². The highest BCUT2D eigenvalue weighted by molar-refractivity contribution is 5.95. The minimum Gasteiger partial charge on any atom is -0.394 e. The number of rotatable bonds is 5. The molecule has 0 saturated carbocycles. The van der Waals surface area contributed by atoms with Gasteiger partial charge in [0.05, 0.1) is 24.3 Å². The zero-order chi connectivity index (χ0) is 13.8. The fraction of sp³-hybridized carbons (Fsp3) is 0.417. The number of aliphatic hydroxyl groups is 2. The van der Waals surface area contributed by atoms with Gasteiger partial charge in [-0.15, -0.1) is 0 Å². The van der Waals surface area contributed by atoms with Crippen molar-refractivity contribution in [1.29, 1.82) is 0 Å². The van der Waals surface area contributed by atoms with Crippen molar-refractivity contribution in [2.75, 3.05) is 13.2 Å².